The molecule has 0 atom stereocenters. The zero-order valence-corrected chi connectivity index (χ0v) is 14.3. The molecule has 0 radical (unpaired) electrons. The molecule has 5 nitrogen and oxygen atoms in total. The summed E-state index contributed by atoms with van der Waals surface area (Å²) in [6, 6.07) is 8.02. The third-order valence-electron chi connectivity index (χ3n) is 3.89. The predicted octanol–water partition coefficient (Wildman–Crippen LogP) is 4.03. The fraction of sp³-hybridized carbons (Fsp3) is 0.235. The first-order valence-electron chi connectivity index (χ1n) is 7.48. The van der Waals surface area contributed by atoms with E-state index in [1.54, 1.807) is 31.4 Å². The molecule has 2 heterocycles. The van der Waals surface area contributed by atoms with Crippen LogP contribution < -0.4 is 4.74 Å². The quantitative estimate of drug-likeness (QED) is 0.740. The summed E-state index contributed by atoms with van der Waals surface area (Å²) in [5.41, 5.74) is 1.72. The number of nitrogens with one attached hydrogen (secondary N) is 1. The van der Waals surface area contributed by atoms with Gasteiger partial charge in [-0.2, -0.15) is 8.78 Å². The highest BCUT2D eigenvalue weighted by molar-refractivity contribution is 6.30. The van der Waals surface area contributed by atoms with Crippen molar-refractivity contribution in [2.75, 3.05) is 7.05 Å². The van der Waals surface area contributed by atoms with Gasteiger partial charge in [0, 0.05) is 36.9 Å². The fourth-order valence-corrected chi connectivity index (χ4v) is 2.96. The van der Waals surface area contributed by atoms with E-state index in [-0.39, 0.29) is 11.7 Å². The molecule has 3 rings (SSSR count). The van der Waals surface area contributed by atoms with Crippen LogP contribution in [0.15, 0.2) is 36.5 Å². The number of aromatic nitrogens is 2. The standard InChI is InChI=1S/C17H16ClF2N3O2/c1-22-8-10(18)6-11(22)9-23(2)16(24)14-7-12-13(21-14)4-3-5-15(12)25-17(19)20/h3-8,17,21H,9H2,1-2H3. The van der Waals surface area contributed by atoms with Gasteiger partial charge in [0.1, 0.15) is 11.4 Å². The number of carbonyl (C=O) groups is 1. The van der Waals surface area contributed by atoms with Crippen LogP contribution in [0.3, 0.4) is 0 Å². The zero-order chi connectivity index (χ0) is 18.1. The summed E-state index contributed by atoms with van der Waals surface area (Å²) < 4.78 is 31.3. The number of alkyl halides is 2. The normalized spacial score (nSPS) is 11.3. The number of H-pyrrole nitrogens is 1. The van der Waals surface area contributed by atoms with E-state index in [1.807, 2.05) is 11.6 Å². The van der Waals surface area contributed by atoms with Gasteiger partial charge in [-0.05, 0) is 24.3 Å². The Kier molecular flexibility index (Phi) is 4.67. The maximum atomic E-state index is 12.6. The molecule has 132 valence electrons. The summed E-state index contributed by atoms with van der Waals surface area (Å²) >= 11 is 5.95. The van der Waals surface area contributed by atoms with E-state index in [2.05, 4.69) is 9.72 Å². The number of ether oxygens (including phenoxy) is 1. The van der Waals surface area contributed by atoms with E-state index in [4.69, 9.17) is 11.6 Å². The van der Waals surface area contributed by atoms with E-state index in [0.717, 1.165) is 5.69 Å². The maximum Gasteiger partial charge on any atom is 0.387 e. The number of hydrogen-bond donors (Lipinski definition) is 1. The summed E-state index contributed by atoms with van der Waals surface area (Å²) in [6.45, 7) is -2.57. The molecule has 0 saturated carbocycles. The van der Waals surface area contributed by atoms with Crippen LogP contribution in [-0.2, 0) is 13.6 Å². The van der Waals surface area contributed by atoms with Gasteiger partial charge in [0.25, 0.3) is 5.91 Å². The first-order chi connectivity index (χ1) is 11.8. The molecule has 8 heteroatoms. The molecule has 2 aromatic heterocycles. The van der Waals surface area contributed by atoms with Gasteiger partial charge < -0.3 is 19.2 Å². The number of amides is 1. The van der Waals surface area contributed by atoms with E-state index in [1.165, 1.54) is 17.0 Å². The van der Waals surface area contributed by atoms with Crippen molar-refractivity contribution in [1.29, 1.82) is 0 Å². The minimum atomic E-state index is -2.93. The summed E-state index contributed by atoms with van der Waals surface area (Å²) in [6.07, 6.45) is 1.76. The number of rotatable bonds is 5. The Hall–Kier alpha value is -2.54. The largest absolute Gasteiger partial charge is 0.434 e. The second kappa shape index (κ2) is 6.76. The Labute approximate surface area is 147 Å². The van der Waals surface area contributed by atoms with Crippen molar-refractivity contribution in [3.05, 3.63) is 52.9 Å². The predicted molar refractivity (Wildman–Crippen MR) is 91.2 cm³/mol. The number of halogens is 3. The number of fused-ring (bicyclic) bond motifs is 1. The van der Waals surface area contributed by atoms with E-state index in [9.17, 15) is 13.6 Å². The van der Waals surface area contributed by atoms with Gasteiger partial charge >= 0.3 is 6.61 Å². The molecule has 25 heavy (non-hydrogen) atoms. The lowest BCUT2D eigenvalue weighted by Gasteiger charge is -2.16. The molecular formula is C17H16ClF2N3O2. The average molecular weight is 368 g/mol. The molecule has 1 N–H and O–H groups in total. The SMILES string of the molecule is CN(Cc1cc(Cl)cn1C)C(=O)c1cc2c(OC(F)F)cccc2[nH]1. The van der Waals surface area contributed by atoms with E-state index < -0.39 is 6.61 Å². The lowest BCUT2D eigenvalue weighted by Crippen LogP contribution is -2.27. The molecule has 3 aromatic rings. The lowest BCUT2D eigenvalue weighted by atomic mass is 10.2. The lowest BCUT2D eigenvalue weighted by molar-refractivity contribution is -0.0487. The van der Waals surface area contributed by atoms with Crippen LogP contribution in [0, 0.1) is 0 Å². The van der Waals surface area contributed by atoms with Crippen molar-refractivity contribution in [1.82, 2.24) is 14.5 Å². The third-order valence-corrected chi connectivity index (χ3v) is 4.10. The molecule has 1 amide bonds. The Morgan fingerprint density at radius 2 is 2.16 bits per heavy atom. The number of aryl methyl sites for hydroxylation is 1. The second-order valence-electron chi connectivity index (χ2n) is 5.70. The van der Waals surface area contributed by atoms with Crippen LogP contribution in [0.5, 0.6) is 5.75 Å². The van der Waals surface area contributed by atoms with Gasteiger partial charge in [0.15, 0.2) is 0 Å². The molecule has 0 unspecified atom stereocenters. The van der Waals surface area contributed by atoms with Crippen molar-refractivity contribution in [2.24, 2.45) is 7.05 Å². The van der Waals surface area contributed by atoms with E-state index in [0.29, 0.717) is 28.2 Å². The van der Waals surface area contributed by atoms with Gasteiger partial charge in [0.05, 0.1) is 11.6 Å². The first kappa shape index (κ1) is 17.3. The van der Waals surface area contributed by atoms with Crippen LogP contribution in [0.2, 0.25) is 5.02 Å². The fourth-order valence-electron chi connectivity index (χ4n) is 2.69. The van der Waals surface area contributed by atoms with Crippen LogP contribution in [0.25, 0.3) is 10.9 Å². The van der Waals surface area contributed by atoms with Crippen molar-refractivity contribution in [3.63, 3.8) is 0 Å². The highest BCUT2D eigenvalue weighted by atomic mass is 35.5. The van der Waals surface area contributed by atoms with Gasteiger partial charge in [-0.25, -0.2) is 0 Å². The summed E-state index contributed by atoms with van der Waals surface area (Å²) in [5.74, 6) is -0.240. The van der Waals surface area contributed by atoms with Crippen LogP contribution in [0.1, 0.15) is 16.2 Å². The zero-order valence-electron chi connectivity index (χ0n) is 13.6. The summed E-state index contributed by atoms with van der Waals surface area (Å²) in [5, 5.41) is 1.03. The van der Waals surface area contributed by atoms with Crippen molar-refractivity contribution < 1.29 is 18.3 Å². The Balaban J connectivity index is 1.85. The Morgan fingerprint density at radius 3 is 2.80 bits per heavy atom. The average Bonchev–Trinajstić information content (AvgIpc) is 3.10. The highest BCUT2D eigenvalue weighted by Gasteiger charge is 2.18. The highest BCUT2D eigenvalue weighted by Crippen LogP contribution is 2.28. The number of benzene rings is 1. The molecule has 0 bridgehead atoms. The summed E-state index contributed by atoms with van der Waals surface area (Å²) in [7, 11) is 3.50. The number of hydrogen-bond acceptors (Lipinski definition) is 2. The molecule has 0 spiro atoms. The topological polar surface area (TPSA) is 50.3 Å². The molecule has 1 aromatic carbocycles. The minimum absolute atomic E-state index is 0.0275. The Morgan fingerprint density at radius 1 is 1.40 bits per heavy atom. The van der Waals surface area contributed by atoms with Crippen molar-refractivity contribution in [3.8, 4) is 5.75 Å². The van der Waals surface area contributed by atoms with Gasteiger partial charge in [-0.1, -0.05) is 17.7 Å². The molecule has 0 aliphatic heterocycles. The molecule has 0 saturated heterocycles. The van der Waals surface area contributed by atoms with Gasteiger partial charge in [-0.3, -0.25) is 4.79 Å². The van der Waals surface area contributed by atoms with Gasteiger partial charge in [-0.15, -0.1) is 0 Å². The first-order valence-corrected chi connectivity index (χ1v) is 7.85. The molecule has 0 aliphatic carbocycles. The maximum absolute atomic E-state index is 12.6. The van der Waals surface area contributed by atoms with Crippen molar-refractivity contribution in [2.45, 2.75) is 13.2 Å². The molecule has 0 fully saturated rings. The summed E-state index contributed by atoms with van der Waals surface area (Å²) in [4.78, 5) is 17.1. The molecule has 0 aliphatic rings. The minimum Gasteiger partial charge on any atom is -0.434 e. The van der Waals surface area contributed by atoms with E-state index >= 15 is 0 Å². The van der Waals surface area contributed by atoms with Crippen LogP contribution in [0.4, 0.5) is 8.78 Å². The molecular weight excluding hydrogens is 352 g/mol. The van der Waals surface area contributed by atoms with Gasteiger partial charge in [0.2, 0.25) is 0 Å². The van der Waals surface area contributed by atoms with Crippen LogP contribution in [-0.4, -0.2) is 34.0 Å². The number of carbonyl (C=O) groups excluding carboxylic acids is 1. The number of aromatic amines is 1. The number of nitrogens with zero attached hydrogens (tertiary/aromatic N) is 2. The second-order valence-corrected chi connectivity index (χ2v) is 6.14. The smallest absolute Gasteiger partial charge is 0.387 e. The Bertz CT molecular complexity index is 920. The third kappa shape index (κ3) is 3.61. The van der Waals surface area contributed by atoms with Crippen molar-refractivity contribution >= 4 is 28.4 Å². The monoisotopic (exact) mass is 367 g/mol. The van der Waals surface area contributed by atoms with Crippen LogP contribution >= 0.6 is 11.6 Å².